The van der Waals surface area contributed by atoms with Crippen LogP contribution in [0.1, 0.15) is 0 Å². The predicted octanol–water partition coefficient (Wildman–Crippen LogP) is 12.7. The van der Waals surface area contributed by atoms with Gasteiger partial charge in [0.05, 0.1) is 51.2 Å². The second-order valence-electron chi connectivity index (χ2n) is 13.8. The van der Waals surface area contributed by atoms with E-state index in [9.17, 15) is 0 Å². The fourth-order valence-corrected chi connectivity index (χ4v) is 7.38. The van der Waals surface area contributed by atoms with Crippen LogP contribution in [0.25, 0.3) is 22.3 Å². The first-order valence-electron chi connectivity index (χ1n) is 19.2. The summed E-state index contributed by atoms with van der Waals surface area (Å²) in [6.45, 7) is 0. The lowest BCUT2D eigenvalue weighted by Crippen LogP contribution is -2.12. The zero-order chi connectivity index (χ0) is 41.0. The van der Waals surface area contributed by atoms with Crippen LogP contribution in [-0.2, 0) is 0 Å². The first-order valence-corrected chi connectivity index (χ1v) is 19.2. The van der Waals surface area contributed by atoms with E-state index in [2.05, 4.69) is 56.2 Å². The summed E-state index contributed by atoms with van der Waals surface area (Å²) in [7, 11) is 6.52. The maximum atomic E-state index is 6.64. The average molecular weight is 793 g/mol. The summed E-state index contributed by atoms with van der Waals surface area (Å²) in [5, 5.41) is 0. The lowest BCUT2D eigenvalue weighted by Gasteiger charge is -2.30. The molecule has 2 aromatic heterocycles. The molecule has 0 bridgehead atoms. The van der Waals surface area contributed by atoms with Crippen molar-refractivity contribution < 1.29 is 28.4 Å². The van der Waals surface area contributed by atoms with Gasteiger partial charge in [-0.25, -0.2) is 0 Å². The topological polar surface area (TPSA) is 87.6 Å². The maximum Gasteiger partial charge on any atom is 0.172 e. The number of ether oxygens (including phenoxy) is 6. The maximum absolute atomic E-state index is 6.64. The van der Waals surface area contributed by atoms with Crippen LogP contribution in [0.5, 0.6) is 46.0 Å². The van der Waals surface area contributed by atoms with Crippen LogP contribution in [0.15, 0.2) is 170 Å². The molecule has 3 heterocycles. The minimum atomic E-state index is 0.572. The average Bonchev–Trinajstić information content (AvgIpc) is 3.31. The fraction of sp³-hybridized carbons (Fsp3) is 0.0800. The molecule has 0 unspecified atom stereocenters. The Morgan fingerprint density at radius 2 is 0.733 bits per heavy atom. The molecule has 8 aromatic rings. The molecule has 10 heteroatoms. The van der Waals surface area contributed by atoms with Crippen molar-refractivity contribution in [1.29, 1.82) is 0 Å². The van der Waals surface area contributed by atoms with Crippen molar-refractivity contribution in [3.05, 3.63) is 170 Å². The lowest BCUT2D eigenvalue weighted by molar-refractivity contribution is 0.355. The highest BCUT2D eigenvalue weighted by molar-refractivity contribution is 5.84. The van der Waals surface area contributed by atoms with Gasteiger partial charge in [0.1, 0.15) is 0 Å². The van der Waals surface area contributed by atoms with E-state index in [0.29, 0.717) is 46.0 Å². The van der Waals surface area contributed by atoms with Gasteiger partial charge in [-0.15, -0.1) is 0 Å². The number of pyridine rings is 2. The summed E-state index contributed by atoms with van der Waals surface area (Å²) >= 11 is 0. The molecular weight excluding hydrogens is 753 g/mol. The Hall–Kier alpha value is -7.98. The van der Waals surface area contributed by atoms with Crippen LogP contribution >= 0.6 is 0 Å². The Labute approximate surface area is 348 Å². The number of methoxy groups -OCH3 is 4. The van der Waals surface area contributed by atoms with E-state index < -0.39 is 0 Å². The van der Waals surface area contributed by atoms with Crippen molar-refractivity contribution in [2.24, 2.45) is 0 Å². The highest BCUT2D eigenvalue weighted by Gasteiger charge is 2.25. The Morgan fingerprint density at radius 3 is 1.13 bits per heavy atom. The van der Waals surface area contributed by atoms with E-state index in [4.69, 9.17) is 28.4 Å². The van der Waals surface area contributed by atoms with Crippen molar-refractivity contribution in [2.45, 2.75) is 0 Å². The van der Waals surface area contributed by atoms with Crippen LogP contribution in [0, 0.1) is 0 Å². The molecule has 0 saturated carbocycles. The van der Waals surface area contributed by atoms with Gasteiger partial charge in [-0.2, -0.15) is 0 Å². The number of nitrogens with zero attached hydrogens (tertiary/aromatic N) is 4. The largest absolute Gasteiger partial charge is 0.493 e. The Morgan fingerprint density at radius 1 is 0.350 bits per heavy atom. The summed E-state index contributed by atoms with van der Waals surface area (Å²) in [5.74, 6) is 4.79. The molecule has 0 fully saturated rings. The van der Waals surface area contributed by atoms with Crippen LogP contribution < -0.4 is 38.2 Å². The number of hydrogen-bond acceptors (Lipinski definition) is 10. The van der Waals surface area contributed by atoms with Crippen molar-refractivity contribution in [2.75, 3.05) is 38.2 Å². The molecule has 296 valence electrons. The SMILES string of the molecule is COc1ccc(N(c2cccc(-c3cccnc3)c2)c2ccc3c(c2)Oc2ccc(N(c4cccc(-c5cccnc5)c4)c4ccc(OC)c(OC)c4)cc2O3)cc1OC. The summed E-state index contributed by atoms with van der Waals surface area (Å²) < 4.78 is 35.9. The molecule has 9 rings (SSSR count). The zero-order valence-corrected chi connectivity index (χ0v) is 33.4. The quantitative estimate of drug-likeness (QED) is 0.119. The molecule has 0 radical (unpaired) electrons. The number of fused-ring (bicyclic) bond motifs is 2. The van der Waals surface area contributed by atoms with Crippen LogP contribution in [0.3, 0.4) is 0 Å². The monoisotopic (exact) mass is 792 g/mol. The summed E-state index contributed by atoms with van der Waals surface area (Å²) in [4.78, 5) is 13.0. The molecule has 1 aliphatic rings. The van der Waals surface area contributed by atoms with E-state index in [1.165, 1.54) is 0 Å². The van der Waals surface area contributed by atoms with Gasteiger partial charge < -0.3 is 38.2 Å². The standard InChI is InChI=1S/C50H40N4O6/c1-55-43-19-15-39(27-47(43)57-3)53(37-13-5-9-33(25-37)35-11-7-23-51-31-35)41-17-21-45-49(29-41)59-46-22-18-42(30-50(46)60-45)54(40-16-20-44(56-2)48(28-40)58-4)38-14-6-10-34(26-38)36-12-8-24-52-32-36/h5-32H,1-4H3. The molecule has 0 N–H and O–H groups in total. The molecule has 60 heavy (non-hydrogen) atoms. The smallest absolute Gasteiger partial charge is 0.172 e. The van der Waals surface area contributed by atoms with Gasteiger partial charge in [-0.3, -0.25) is 9.97 Å². The van der Waals surface area contributed by atoms with Gasteiger partial charge in [-0.1, -0.05) is 36.4 Å². The van der Waals surface area contributed by atoms with Crippen molar-refractivity contribution in [1.82, 2.24) is 9.97 Å². The highest BCUT2D eigenvalue weighted by atomic mass is 16.6. The Kier molecular flexibility index (Phi) is 10.3. The molecule has 10 nitrogen and oxygen atoms in total. The van der Waals surface area contributed by atoms with Gasteiger partial charge in [0.25, 0.3) is 0 Å². The minimum absolute atomic E-state index is 0.572. The van der Waals surface area contributed by atoms with Crippen molar-refractivity contribution in [3.8, 4) is 68.2 Å². The third kappa shape index (κ3) is 7.33. The van der Waals surface area contributed by atoms with Gasteiger partial charge in [0.2, 0.25) is 0 Å². The number of rotatable bonds is 12. The van der Waals surface area contributed by atoms with Crippen molar-refractivity contribution >= 4 is 34.1 Å². The molecule has 0 spiro atoms. The zero-order valence-electron chi connectivity index (χ0n) is 33.4. The molecule has 0 aliphatic carbocycles. The lowest BCUT2D eigenvalue weighted by atomic mass is 10.1. The van der Waals surface area contributed by atoms with E-state index in [-0.39, 0.29) is 0 Å². The van der Waals surface area contributed by atoms with Crippen LogP contribution in [0.4, 0.5) is 34.1 Å². The Bertz CT molecular complexity index is 2610. The Balaban J connectivity index is 1.10. The molecule has 0 saturated heterocycles. The van der Waals surface area contributed by atoms with E-state index in [1.807, 2.05) is 122 Å². The summed E-state index contributed by atoms with van der Waals surface area (Å²) in [6.07, 6.45) is 7.27. The van der Waals surface area contributed by atoms with E-state index in [0.717, 1.165) is 56.4 Å². The van der Waals surface area contributed by atoms with E-state index >= 15 is 0 Å². The first-order chi connectivity index (χ1) is 29.5. The number of benzene rings is 6. The molecule has 0 atom stereocenters. The predicted molar refractivity (Wildman–Crippen MR) is 235 cm³/mol. The second kappa shape index (κ2) is 16.5. The molecule has 0 amide bonds. The third-order valence-electron chi connectivity index (χ3n) is 10.3. The van der Waals surface area contributed by atoms with Gasteiger partial charge >= 0.3 is 0 Å². The summed E-state index contributed by atoms with van der Waals surface area (Å²) in [6, 6.07) is 48.2. The third-order valence-corrected chi connectivity index (χ3v) is 10.3. The first kappa shape index (κ1) is 37.6. The van der Waals surface area contributed by atoms with Crippen molar-refractivity contribution in [3.63, 3.8) is 0 Å². The normalized spacial score (nSPS) is 11.3. The van der Waals surface area contributed by atoms with E-state index in [1.54, 1.807) is 40.8 Å². The molecular formula is C50H40N4O6. The fourth-order valence-electron chi connectivity index (χ4n) is 7.38. The molecule has 1 aliphatic heterocycles. The number of hydrogen-bond donors (Lipinski definition) is 0. The molecule has 6 aromatic carbocycles. The van der Waals surface area contributed by atoms with Crippen LogP contribution in [0.2, 0.25) is 0 Å². The number of aromatic nitrogens is 2. The van der Waals surface area contributed by atoms with Crippen LogP contribution in [-0.4, -0.2) is 38.4 Å². The second-order valence-corrected chi connectivity index (χ2v) is 13.8. The highest BCUT2D eigenvalue weighted by Crippen LogP contribution is 2.51. The van der Waals surface area contributed by atoms with Gasteiger partial charge in [0.15, 0.2) is 46.0 Å². The van der Waals surface area contributed by atoms with Gasteiger partial charge in [0, 0.05) is 71.6 Å². The summed E-state index contributed by atoms with van der Waals surface area (Å²) in [5.41, 5.74) is 9.34. The number of anilines is 6. The minimum Gasteiger partial charge on any atom is -0.493 e. The van der Waals surface area contributed by atoms with Gasteiger partial charge in [-0.05, 0) is 96.1 Å².